The van der Waals surface area contributed by atoms with Gasteiger partial charge in [0.15, 0.2) is 5.13 Å². The molecule has 1 aliphatic rings. The molecule has 0 spiro atoms. The molecule has 7 heteroatoms. The van der Waals surface area contributed by atoms with E-state index < -0.39 is 12.1 Å². The number of carbonyl (C=O) groups is 2. The van der Waals surface area contributed by atoms with E-state index >= 15 is 0 Å². The van der Waals surface area contributed by atoms with Crippen molar-refractivity contribution in [3.05, 3.63) is 46.5 Å². The lowest BCUT2D eigenvalue weighted by Gasteiger charge is -2.04. The van der Waals surface area contributed by atoms with Crippen LogP contribution in [0.15, 0.2) is 30.3 Å². The van der Waals surface area contributed by atoms with Crippen molar-refractivity contribution in [3.8, 4) is 0 Å². The summed E-state index contributed by atoms with van der Waals surface area (Å²) in [6.45, 7) is 0.152. The second-order valence-electron chi connectivity index (χ2n) is 5.00. The molecule has 1 aromatic carbocycles. The van der Waals surface area contributed by atoms with Gasteiger partial charge in [-0.05, 0) is 18.4 Å². The van der Waals surface area contributed by atoms with E-state index in [-0.39, 0.29) is 22.5 Å². The van der Waals surface area contributed by atoms with E-state index in [1.54, 1.807) is 0 Å². The van der Waals surface area contributed by atoms with Crippen molar-refractivity contribution >= 4 is 28.5 Å². The number of carboxylic acids is 1. The molecule has 3 rings (SSSR count). The molecule has 0 aliphatic heterocycles. The smallest absolute Gasteiger partial charge is 0.413 e. The number of aromatic nitrogens is 1. The first-order valence-corrected chi connectivity index (χ1v) is 7.67. The fraction of sp³-hybridized carbons (Fsp3) is 0.267. The van der Waals surface area contributed by atoms with E-state index in [0.29, 0.717) is 5.69 Å². The Hall–Kier alpha value is -2.41. The van der Waals surface area contributed by atoms with Crippen LogP contribution in [0.4, 0.5) is 9.93 Å². The third-order valence-corrected chi connectivity index (χ3v) is 4.21. The Morgan fingerprint density at radius 2 is 2.05 bits per heavy atom. The Kier molecular flexibility index (Phi) is 4.06. The fourth-order valence-electron chi connectivity index (χ4n) is 2.02. The summed E-state index contributed by atoms with van der Waals surface area (Å²) in [5.74, 6) is -0.802. The van der Waals surface area contributed by atoms with Crippen LogP contribution < -0.4 is 5.32 Å². The van der Waals surface area contributed by atoms with Gasteiger partial charge in [-0.2, -0.15) is 0 Å². The lowest BCUT2D eigenvalue weighted by Crippen LogP contribution is -2.13. The highest BCUT2D eigenvalue weighted by atomic mass is 32.1. The third-order valence-electron chi connectivity index (χ3n) is 3.23. The average molecular weight is 318 g/mol. The van der Waals surface area contributed by atoms with Crippen LogP contribution in [-0.4, -0.2) is 22.2 Å². The number of ether oxygens (including phenoxy) is 1. The van der Waals surface area contributed by atoms with Crippen LogP contribution >= 0.6 is 11.3 Å². The van der Waals surface area contributed by atoms with Crippen molar-refractivity contribution < 1.29 is 19.4 Å². The van der Waals surface area contributed by atoms with Gasteiger partial charge in [0.2, 0.25) is 0 Å². The molecule has 0 atom stereocenters. The predicted octanol–water partition coefficient (Wildman–Crippen LogP) is 3.47. The molecule has 2 aromatic rings. The summed E-state index contributed by atoms with van der Waals surface area (Å²) in [5, 5.41) is 11.9. The van der Waals surface area contributed by atoms with Gasteiger partial charge in [0.1, 0.15) is 11.5 Å². The lowest BCUT2D eigenvalue weighted by molar-refractivity contribution is 0.0700. The summed E-state index contributed by atoms with van der Waals surface area (Å²) in [5.41, 5.74) is 1.44. The van der Waals surface area contributed by atoms with Crippen molar-refractivity contribution in [2.24, 2.45) is 0 Å². The molecule has 22 heavy (non-hydrogen) atoms. The van der Waals surface area contributed by atoms with Gasteiger partial charge in [0.25, 0.3) is 0 Å². The summed E-state index contributed by atoms with van der Waals surface area (Å²) in [4.78, 5) is 27.3. The maximum absolute atomic E-state index is 11.7. The zero-order valence-electron chi connectivity index (χ0n) is 11.6. The molecule has 1 amide bonds. The van der Waals surface area contributed by atoms with Gasteiger partial charge >= 0.3 is 12.1 Å². The number of hydrogen-bond acceptors (Lipinski definition) is 5. The molecule has 0 radical (unpaired) electrons. The average Bonchev–Trinajstić information content (AvgIpc) is 3.27. The minimum absolute atomic E-state index is 0.152. The molecule has 0 unspecified atom stereocenters. The minimum Gasteiger partial charge on any atom is -0.477 e. The first-order valence-electron chi connectivity index (χ1n) is 6.85. The van der Waals surface area contributed by atoms with Crippen LogP contribution in [0.5, 0.6) is 0 Å². The zero-order chi connectivity index (χ0) is 15.5. The molecule has 6 nitrogen and oxygen atoms in total. The van der Waals surface area contributed by atoms with E-state index in [1.807, 2.05) is 30.3 Å². The normalized spacial score (nSPS) is 13.6. The molecule has 1 aliphatic carbocycles. The van der Waals surface area contributed by atoms with E-state index in [2.05, 4.69) is 10.3 Å². The van der Waals surface area contributed by atoms with Gasteiger partial charge in [-0.3, -0.25) is 5.32 Å². The SMILES string of the molecule is O=C(Nc1nc(C2CC2)c(C(=O)O)s1)OCc1ccccc1. The van der Waals surface area contributed by atoms with Crippen molar-refractivity contribution in [2.45, 2.75) is 25.4 Å². The van der Waals surface area contributed by atoms with Gasteiger partial charge in [-0.1, -0.05) is 41.7 Å². The molecule has 0 bridgehead atoms. The lowest BCUT2D eigenvalue weighted by atomic mass is 10.2. The Bertz CT molecular complexity index is 695. The van der Waals surface area contributed by atoms with E-state index in [1.165, 1.54) is 0 Å². The Balaban J connectivity index is 1.61. The standard InChI is InChI=1S/C15H14N2O4S/c18-13(19)12-11(10-6-7-10)16-14(22-12)17-15(20)21-8-9-4-2-1-3-5-9/h1-5,10H,6-8H2,(H,18,19)(H,16,17,20). The molecule has 114 valence electrons. The number of carbonyl (C=O) groups excluding carboxylic acids is 1. The zero-order valence-corrected chi connectivity index (χ0v) is 12.4. The second kappa shape index (κ2) is 6.15. The summed E-state index contributed by atoms with van der Waals surface area (Å²) in [6, 6.07) is 9.30. The van der Waals surface area contributed by atoms with Crippen LogP contribution in [-0.2, 0) is 11.3 Å². The Morgan fingerprint density at radius 1 is 1.32 bits per heavy atom. The molecule has 2 N–H and O–H groups in total. The van der Waals surface area contributed by atoms with Gasteiger partial charge in [-0.15, -0.1) is 0 Å². The van der Waals surface area contributed by atoms with Crippen LogP contribution in [0.1, 0.15) is 39.7 Å². The van der Waals surface area contributed by atoms with Crippen molar-refractivity contribution in [3.63, 3.8) is 0 Å². The Labute approximate surface area is 130 Å². The Morgan fingerprint density at radius 3 is 2.68 bits per heavy atom. The third kappa shape index (κ3) is 3.43. The number of nitrogens with one attached hydrogen (secondary N) is 1. The van der Waals surface area contributed by atoms with Crippen LogP contribution in [0, 0.1) is 0 Å². The van der Waals surface area contributed by atoms with Gasteiger partial charge in [0, 0.05) is 5.92 Å². The molecule has 1 heterocycles. The predicted molar refractivity (Wildman–Crippen MR) is 81.3 cm³/mol. The van der Waals surface area contributed by atoms with Gasteiger partial charge < -0.3 is 9.84 Å². The first-order chi connectivity index (χ1) is 10.6. The number of thiazole rings is 1. The number of carboxylic acid groups (broad SMARTS) is 1. The number of anilines is 1. The number of benzene rings is 1. The number of nitrogens with zero attached hydrogens (tertiary/aromatic N) is 1. The maximum atomic E-state index is 11.7. The highest BCUT2D eigenvalue weighted by molar-refractivity contribution is 7.17. The summed E-state index contributed by atoms with van der Waals surface area (Å²) < 4.78 is 5.09. The summed E-state index contributed by atoms with van der Waals surface area (Å²) in [6.07, 6.45) is 1.25. The van der Waals surface area contributed by atoms with Gasteiger partial charge in [-0.25, -0.2) is 14.6 Å². The second-order valence-corrected chi connectivity index (χ2v) is 6.00. The minimum atomic E-state index is -1.01. The quantitative estimate of drug-likeness (QED) is 0.881. The van der Waals surface area contributed by atoms with Crippen LogP contribution in [0.25, 0.3) is 0 Å². The summed E-state index contributed by atoms with van der Waals surface area (Å²) in [7, 11) is 0. The molecule has 1 aromatic heterocycles. The summed E-state index contributed by atoms with van der Waals surface area (Å²) >= 11 is 0.963. The first kappa shape index (κ1) is 14.5. The fourth-order valence-corrected chi connectivity index (χ4v) is 2.89. The highest BCUT2D eigenvalue weighted by Crippen LogP contribution is 2.43. The largest absolute Gasteiger partial charge is 0.477 e. The molecular weight excluding hydrogens is 304 g/mol. The van der Waals surface area contributed by atoms with Gasteiger partial charge in [0.05, 0.1) is 5.69 Å². The van der Waals surface area contributed by atoms with Crippen LogP contribution in [0.2, 0.25) is 0 Å². The maximum Gasteiger partial charge on any atom is 0.413 e. The van der Waals surface area contributed by atoms with E-state index in [0.717, 1.165) is 29.7 Å². The van der Waals surface area contributed by atoms with Crippen molar-refractivity contribution in [1.29, 1.82) is 0 Å². The molecule has 0 saturated heterocycles. The topological polar surface area (TPSA) is 88.5 Å². The number of amides is 1. The monoisotopic (exact) mass is 318 g/mol. The molecular formula is C15H14N2O4S. The van der Waals surface area contributed by atoms with Crippen molar-refractivity contribution in [2.75, 3.05) is 5.32 Å². The highest BCUT2D eigenvalue weighted by Gasteiger charge is 2.32. The van der Waals surface area contributed by atoms with Crippen molar-refractivity contribution in [1.82, 2.24) is 4.98 Å². The van der Waals surface area contributed by atoms with E-state index in [9.17, 15) is 9.59 Å². The molecule has 1 fully saturated rings. The van der Waals surface area contributed by atoms with Crippen LogP contribution in [0.3, 0.4) is 0 Å². The number of rotatable bonds is 5. The molecule has 1 saturated carbocycles. The number of hydrogen-bond donors (Lipinski definition) is 2. The van der Waals surface area contributed by atoms with E-state index in [4.69, 9.17) is 9.84 Å². The number of aromatic carboxylic acids is 1.